The second-order valence-electron chi connectivity index (χ2n) is 13.0. The van der Waals surface area contributed by atoms with Crippen LogP contribution in [0.4, 0.5) is 0 Å². The van der Waals surface area contributed by atoms with Gasteiger partial charge in [-0.1, -0.05) is 146 Å². The molecule has 0 aromatic heterocycles. The summed E-state index contributed by atoms with van der Waals surface area (Å²) in [4.78, 5) is 14.1. The highest BCUT2D eigenvalue weighted by molar-refractivity contribution is 5.93. The van der Waals surface area contributed by atoms with Crippen LogP contribution in [0, 0.1) is 27.7 Å². The van der Waals surface area contributed by atoms with E-state index in [0.29, 0.717) is 0 Å². The van der Waals surface area contributed by atoms with Gasteiger partial charge in [0.1, 0.15) is 12.2 Å². The van der Waals surface area contributed by atoms with Crippen LogP contribution >= 0.6 is 0 Å². The van der Waals surface area contributed by atoms with E-state index in [-0.39, 0.29) is 0 Å². The standard InChI is InChI=1S/C46H38O2/c1-29-21-25-33-13-5-9-17-37(33)41(29)45(42-30(2)22-26-34-14-6-10-18-38(34)42)47-48-46(43-31(3)23-27-35-15-7-11-19-39(35)43)44-32(4)24-28-36-16-8-12-20-40(36)44/h5-28,45-46H,1-4H3. The average Bonchev–Trinajstić information content (AvgIpc) is 3.12. The second-order valence-corrected chi connectivity index (χ2v) is 13.0. The molecule has 0 fully saturated rings. The smallest absolute Gasteiger partial charge is 0.145 e. The molecule has 48 heavy (non-hydrogen) atoms. The molecule has 0 amide bonds. The number of aryl methyl sites for hydroxylation is 4. The third-order valence-electron chi connectivity index (χ3n) is 10.1. The van der Waals surface area contributed by atoms with Crippen molar-refractivity contribution in [1.82, 2.24) is 0 Å². The molecular formula is C46H38O2. The third kappa shape index (κ3) is 5.15. The van der Waals surface area contributed by atoms with Crippen molar-refractivity contribution >= 4 is 43.1 Å². The van der Waals surface area contributed by atoms with Crippen LogP contribution in [0.1, 0.15) is 56.7 Å². The Hall–Kier alpha value is -5.28. The predicted octanol–water partition coefficient (Wildman–Crippen LogP) is 12.4. The van der Waals surface area contributed by atoms with E-state index in [1.54, 1.807) is 0 Å². The molecule has 0 saturated heterocycles. The Morgan fingerprint density at radius 3 is 0.771 bits per heavy atom. The minimum atomic E-state index is -0.490. The van der Waals surface area contributed by atoms with Gasteiger partial charge in [0.05, 0.1) is 0 Å². The molecule has 0 bridgehead atoms. The van der Waals surface area contributed by atoms with Gasteiger partial charge in [0.2, 0.25) is 0 Å². The van der Waals surface area contributed by atoms with E-state index in [9.17, 15) is 0 Å². The van der Waals surface area contributed by atoms with Gasteiger partial charge in [-0.15, -0.1) is 0 Å². The second kappa shape index (κ2) is 12.4. The molecule has 0 spiro atoms. The Morgan fingerprint density at radius 1 is 0.292 bits per heavy atom. The minimum Gasteiger partial charge on any atom is -0.223 e. The van der Waals surface area contributed by atoms with Gasteiger partial charge in [-0.2, -0.15) is 0 Å². The van der Waals surface area contributed by atoms with Crippen molar-refractivity contribution < 1.29 is 9.78 Å². The number of rotatable bonds is 7. The Balaban J connectivity index is 1.39. The first-order valence-electron chi connectivity index (χ1n) is 16.7. The van der Waals surface area contributed by atoms with Crippen molar-refractivity contribution in [2.24, 2.45) is 0 Å². The van der Waals surface area contributed by atoms with Crippen LogP contribution in [0.15, 0.2) is 146 Å². The molecule has 2 heteroatoms. The van der Waals surface area contributed by atoms with Crippen molar-refractivity contribution in [3.8, 4) is 0 Å². The lowest BCUT2D eigenvalue weighted by Crippen LogP contribution is -2.17. The van der Waals surface area contributed by atoms with Crippen molar-refractivity contribution in [1.29, 1.82) is 0 Å². The van der Waals surface area contributed by atoms with E-state index >= 15 is 0 Å². The monoisotopic (exact) mass is 622 g/mol. The summed E-state index contributed by atoms with van der Waals surface area (Å²) in [6, 6.07) is 52.0. The number of benzene rings is 8. The van der Waals surface area contributed by atoms with E-state index < -0.39 is 12.2 Å². The zero-order valence-electron chi connectivity index (χ0n) is 27.8. The Bertz CT molecular complexity index is 2130. The molecule has 8 aromatic carbocycles. The summed E-state index contributed by atoms with van der Waals surface area (Å²) in [6.45, 7) is 8.72. The van der Waals surface area contributed by atoms with Gasteiger partial charge >= 0.3 is 0 Å². The molecule has 8 rings (SSSR count). The molecule has 234 valence electrons. The van der Waals surface area contributed by atoms with E-state index in [4.69, 9.17) is 9.78 Å². The first kappa shape index (κ1) is 30.1. The fourth-order valence-electron chi connectivity index (χ4n) is 7.60. The zero-order valence-corrected chi connectivity index (χ0v) is 27.8. The SMILES string of the molecule is Cc1ccc2ccccc2c1C(OOC(c1c(C)ccc2ccccc12)c1c(C)ccc2ccccc12)c1c(C)ccc2ccccc12. The van der Waals surface area contributed by atoms with Crippen molar-refractivity contribution in [2.75, 3.05) is 0 Å². The fraction of sp³-hybridized carbons (Fsp3) is 0.130. The van der Waals surface area contributed by atoms with Crippen LogP contribution in [0.5, 0.6) is 0 Å². The molecule has 0 aliphatic heterocycles. The summed E-state index contributed by atoms with van der Waals surface area (Å²) in [5, 5.41) is 9.37. The normalized spacial score (nSPS) is 11.9. The van der Waals surface area contributed by atoms with E-state index in [0.717, 1.165) is 66.1 Å². The first-order chi connectivity index (χ1) is 23.5. The number of hydrogen-bond acceptors (Lipinski definition) is 2. The van der Waals surface area contributed by atoms with E-state index in [1.165, 1.54) is 21.5 Å². The molecule has 0 aliphatic carbocycles. The highest BCUT2D eigenvalue weighted by Gasteiger charge is 2.30. The highest BCUT2D eigenvalue weighted by Crippen LogP contribution is 2.44. The lowest BCUT2D eigenvalue weighted by molar-refractivity contribution is -0.340. The predicted molar refractivity (Wildman–Crippen MR) is 201 cm³/mol. The van der Waals surface area contributed by atoms with Gasteiger partial charge in [-0.3, -0.25) is 0 Å². The summed E-state index contributed by atoms with van der Waals surface area (Å²) in [5.74, 6) is 0. The van der Waals surface area contributed by atoms with Gasteiger partial charge < -0.3 is 0 Å². The Labute approximate surface area is 282 Å². The molecule has 0 radical (unpaired) electrons. The molecule has 8 aromatic rings. The zero-order chi connectivity index (χ0) is 32.8. The van der Waals surface area contributed by atoms with Gasteiger partial charge in [-0.05, 0) is 115 Å². The van der Waals surface area contributed by atoms with Gasteiger partial charge in [0, 0.05) is 0 Å². The van der Waals surface area contributed by atoms with Gasteiger partial charge in [0.25, 0.3) is 0 Å². The molecule has 2 nitrogen and oxygen atoms in total. The van der Waals surface area contributed by atoms with Crippen LogP contribution in [0.3, 0.4) is 0 Å². The minimum absolute atomic E-state index is 0.490. The van der Waals surface area contributed by atoms with Crippen LogP contribution in [-0.2, 0) is 9.78 Å². The summed E-state index contributed by atoms with van der Waals surface area (Å²) in [7, 11) is 0. The fourth-order valence-corrected chi connectivity index (χ4v) is 7.60. The van der Waals surface area contributed by atoms with Gasteiger partial charge in [-0.25, -0.2) is 9.78 Å². The van der Waals surface area contributed by atoms with E-state index in [2.05, 4.69) is 173 Å². The van der Waals surface area contributed by atoms with Crippen LogP contribution in [-0.4, -0.2) is 0 Å². The Morgan fingerprint density at radius 2 is 0.521 bits per heavy atom. The number of fused-ring (bicyclic) bond motifs is 4. The maximum Gasteiger partial charge on any atom is 0.145 e. The van der Waals surface area contributed by atoms with Crippen molar-refractivity contribution in [2.45, 2.75) is 39.9 Å². The summed E-state index contributed by atoms with van der Waals surface area (Å²) in [5.41, 5.74) is 9.13. The summed E-state index contributed by atoms with van der Waals surface area (Å²) in [6.07, 6.45) is -0.981. The molecule has 0 heterocycles. The maximum atomic E-state index is 7.07. The lowest BCUT2D eigenvalue weighted by Gasteiger charge is -2.29. The molecule has 0 aliphatic rings. The molecule has 0 atom stereocenters. The largest absolute Gasteiger partial charge is 0.223 e. The van der Waals surface area contributed by atoms with Crippen molar-refractivity contribution in [3.05, 3.63) is 190 Å². The van der Waals surface area contributed by atoms with Crippen LogP contribution < -0.4 is 0 Å². The number of hydrogen-bond donors (Lipinski definition) is 0. The topological polar surface area (TPSA) is 18.5 Å². The quantitative estimate of drug-likeness (QED) is 0.130. The lowest BCUT2D eigenvalue weighted by atomic mass is 9.87. The van der Waals surface area contributed by atoms with Crippen LogP contribution in [0.2, 0.25) is 0 Å². The first-order valence-corrected chi connectivity index (χ1v) is 16.7. The highest BCUT2D eigenvalue weighted by atomic mass is 17.2. The Kier molecular flexibility index (Phi) is 7.76. The van der Waals surface area contributed by atoms with E-state index in [1.807, 2.05) is 0 Å². The summed E-state index contributed by atoms with van der Waals surface area (Å²) >= 11 is 0. The van der Waals surface area contributed by atoms with Gasteiger partial charge in [0.15, 0.2) is 0 Å². The molecule has 0 N–H and O–H groups in total. The van der Waals surface area contributed by atoms with Crippen LogP contribution in [0.25, 0.3) is 43.1 Å². The third-order valence-corrected chi connectivity index (χ3v) is 10.1. The van der Waals surface area contributed by atoms with Crippen molar-refractivity contribution in [3.63, 3.8) is 0 Å². The average molecular weight is 623 g/mol. The maximum absolute atomic E-state index is 7.07. The molecular weight excluding hydrogens is 585 g/mol. The molecule has 0 unspecified atom stereocenters. The summed E-state index contributed by atoms with van der Waals surface area (Å²) < 4.78 is 0. The molecule has 0 saturated carbocycles.